The molecule has 2 heteroatoms. The molecule has 0 radical (unpaired) electrons. The summed E-state index contributed by atoms with van der Waals surface area (Å²) in [7, 11) is 0. The van der Waals surface area contributed by atoms with Gasteiger partial charge in [-0.05, 0) is 47.1 Å². The second-order valence-electron chi connectivity index (χ2n) is 10.2. The van der Waals surface area contributed by atoms with Crippen LogP contribution >= 0.6 is 0 Å². The van der Waals surface area contributed by atoms with Gasteiger partial charge in [-0.25, -0.2) is 0 Å². The first-order chi connectivity index (χ1) is 11.5. The Bertz CT molecular complexity index is 576. The molecule has 25 heavy (non-hydrogen) atoms. The molecular weight excluding hydrogens is 306 g/mol. The van der Waals surface area contributed by atoms with Crippen LogP contribution in [0.1, 0.15) is 78.4 Å². The van der Waals surface area contributed by atoms with E-state index in [0.717, 1.165) is 18.4 Å². The molecule has 0 aliphatic heterocycles. The highest BCUT2D eigenvalue weighted by molar-refractivity contribution is 5.79. The second-order valence-corrected chi connectivity index (χ2v) is 10.2. The van der Waals surface area contributed by atoms with Gasteiger partial charge in [-0.3, -0.25) is 4.79 Å². The topological polar surface area (TPSA) is 29.1 Å². The fourth-order valence-corrected chi connectivity index (χ4v) is 4.25. The van der Waals surface area contributed by atoms with Crippen molar-refractivity contribution in [2.45, 2.75) is 86.1 Å². The van der Waals surface area contributed by atoms with E-state index in [9.17, 15) is 4.79 Å². The lowest BCUT2D eigenvalue weighted by Crippen LogP contribution is -2.47. The van der Waals surface area contributed by atoms with Crippen molar-refractivity contribution in [3.05, 3.63) is 35.4 Å². The first-order valence-electron chi connectivity index (χ1n) is 9.92. The minimum Gasteiger partial charge on any atom is -0.353 e. The van der Waals surface area contributed by atoms with Gasteiger partial charge in [-0.1, -0.05) is 78.6 Å². The molecule has 140 valence electrons. The van der Waals surface area contributed by atoms with E-state index >= 15 is 0 Å². The Labute approximate surface area is 154 Å². The van der Waals surface area contributed by atoms with Crippen LogP contribution in [0.15, 0.2) is 24.3 Å². The number of rotatable bonds is 4. The van der Waals surface area contributed by atoms with Gasteiger partial charge in [0.05, 0.1) is 6.42 Å². The molecule has 1 saturated carbocycles. The first kappa shape index (κ1) is 20.0. The molecule has 2 unspecified atom stereocenters. The molecule has 1 aromatic rings. The van der Waals surface area contributed by atoms with Gasteiger partial charge in [0.2, 0.25) is 5.91 Å². The zero-order valence-electron chi connectivity index (χ0n) is 17.1. The van der Waals surface area contributed by atoms with Gasteiger partial charge in [0.1, 0.15) is 0 Å². The minimum absolute atomic E-state index is 0.175. The standard InChI is InChI=1S/C23H37NO/c1-22(2,3)16-18-11-9-10-17(14-18)15-21(25)24-20-13-8-7-12-19(20)23(4,5)6/h9-11,14,19-20H,7-8,12-13,15-16H2,1-6H3,(H,24,25). The summed E-state index contributed by atoms with van der Waals surface area (Å²) in [5.74, 6) is 0.756. The Balaban J connectivity index is 1.99. The maximum Gasteiger partial charge on any atom is 0.224 e. The van der Waals surface area contributed by atoms with E-state index < -0.39 is 0 Å². The molecule has 0 saturated heterocycles. The molecule has 1 aliphatic rings. The molecule has 0 aromatic heterocycles. The van der Waals surface area contributed by atoms with E-state index in [4.69, 9.17) is 0 Å². The number of carbonyl (C=O) groups excluding carboxylic acids is 1. The molecule has 2 atom stereocenters. The van der Waals surface area contributed by atoms with Crippen molar-refractivity contribution in [3.8, 4) is 0 Å². The molecule has 1 fully saturated rings. The molecule has 0 spiro atoms. The van der Waals surface area contributed by atoms with Crippen molar-refractivity contribution in [2.24, 2.45) is 16.7 Å². The molecule has 2 rings (SSSR count). The summed E-state index contributed by atoms with van der Waals surface area (Å²) in [6.45, 7) is 13.7. The van der Waals surface area contributed by atoms with Crippen LogP contribution in [0.4, 0.5) is 0 Å². The largest absolute Gasteiger partial charge is 0.353 e. The fourth-order valence-electron chi connectivity index (χ4n) is 4.25. The minimum atomic E-state index is 0.175. The third-order valence-corrected chi connectivity index (χ3v) is 5.32. The van der Waals surface area contributed by atoms with E-state index in [1.807, 2.05) is 0 Å². The third kappa shape index (κ3) is 6.49. The Morgan fingerprint density at radius 1 is 1.04 bits per heavy atom. The number of hydrogen-bond acceptors (Lipinski definition) is 1. The highest BCUT2D eigenvalue weighted by Gasteiger charge is 2.34. The molecule has 2 nitrogen and oxygen atoms in total. The zero-order chi connectivity index (χ0) is 18.7. The van der Waals surface area contributed by atoms with Gasteiger partial charge < -0.3 is 5.32 Å². The van der Waals surface area contributed by atoms with E-state index in [1.54, 1.807) is 0 Å². The van der Waals surface area contributed by atoms with Crippen LogP contribution in [0.3, 0.4) is 0 Å². The van der Waals surface area contributed by atoms with Crippen LogP contribution in [0.5, 0.6) is 0 Å². The lowest BCUT2D eigenvalue weighted by molar-refractivity contribution is -0.122. The van der Waals surface area contributed by atoms with Crippen LogP contribution in [-0.2, 0) is 17.6 Å². The number of hydrogen-bond donors (Lipinski definition) is 1. The van der Waals surface area contributed by atoms with Crippen LogP contribution in [0, 0.1) is 16.7 Å². The Morgan fingerprint density at radius 2 is 1.68 bits per heavy atom. The number of benzene rings is 1. The lowest BCUT2D eigenvalue weighted by Gasteiger charge is -2.40. The van der Waals surface area contributed by atoms with Crippen molar-refractivity contribution in [1.82, 2.24) is 5.32 Å². The summed E-state index contributed by atoms with van der Waals surface area (Å²) in [5, 5.41) is 3.35. The number of carbonyl (C=O) groups is 1. The summed E-state index contributed by atoms with van der Waals surface area (Å²) in [6, 6.07) is 8.87. The van der Waals surface area contributed by atoms with Crippen LogP contribution in [0.2, 0.25) is 0 Å². The van der Waals surface area contributed by atoms with Gasteiger partial charge in [0, 0.05) is 6.04 Å². The smallest absolute Gasteiger partial charge is 0.224 e. The molecule has 1 N–H and O–H groups in total. The third-order valence-electron chi connectivity index (χ3n) is 5.32. The maximum absolute atomic E-state index is 12.6. The van der Waals surface area contributed by atoms with E-state index in [0.29, 0.717) is 18.4 Å². The number of amides is 1. The van der Waals surface area contributed by atoms with Crippen molar-refractivity contribution >= 4 is 5.91 Å². The molecule has 1 amide bonds. The van der Waals surface area contributed by atoms with Crippen LogP contribution in [0.25, 0.3) is 0 Å². The van der Waals surface area contributed by atoms with Gasteiger partial charge in [0.15, 0.2) is 0 Å². The average molecular weight is 344 g/mol. The monoisotopic (exact) mass is 343 g/mol. The van der Waals surface area contributed by atoms with Crippen LogP contribution in [-0.4, -0.2) is 11.9 Å². The Morgan fingerprint density at radius 3 is 2.32 bits per heavy atom. The van der Waals surface area contributed by atoms with E-state index in [1.165, 1.54) is 24.8 Å². The fraction of sp³-hybridized carbons (Fsp3) is 0.696. The first-order valence-corrected chi connectivity index (χ1v) is 9.92. The quantitative estimate of drug-likeness (QED) is 0.764. The van der Waals surface area contributed by atoms with Gasteiger partial charge in [0.25, 0.3) is 0 Å². The summed E-state index contributed by atoms with van der Waals surface area (Å²) in [6.07, 6.45) is 6.41. The molecular formula is C23H37NO. The molecule has 0 bridgehead atoms. The summed E-state index contributed by atoms with van der Waals surface area (Å²) in [5.41, 5.74) is 2.97. The second kappa shape index (κ2) is 7.93. The predicted octanol–water partition coefficient (Wildman–Crippen LogP) is 5.54. The van der Waals surface area contributed by atoms with Gasteiger partial charge in [-0.2, -0.15) is 0 Å². The highest BCUT2D eigenvalue weighted by atomic mass is 16.1. The SMILES string of the molecule is CC(C)(C)Cc1cccc(CC(=O)NC2CCCCC2C(C)(C)C)c1. The summed E-state index contributed by atoms with van der Waals surface area (Å²) >= 11 is 0. The highest BCUT2D eigenvalue weighted by Crippen LogP contribution is 2.38. The average Bonchev–Trinajstić information content (AvgIpc) is 2.45. The summed E-state index contributed by atoms with van der Waals surface area (Å²) in [4.78, 5) is 12.6. The predicted molar refractivity (Wildman–Crippen MR) is 107 cm³/mol. The van der Waals surface area contributed by atoms with Crippen molar-refractivity contribution < 1.29 is 4.79 Å². The molecule has 0 heterocycles. The van der Waals surface area contributed by atoms with Crippen molar-refractivity contribution in [1.29, 1.82) is 0 Å². The normalized spacial score (nSPS) is 21.8. The maximum atomic E-state index is 12.6. The van der Waals surface area contributed by atoms with Crippen LogP contribution < -0.4 is 5.32 Å². The zero-order valence-corrected chi connectivity index (χ0v) is 17.1. The summed E-state index contributed by atoms with van der Waals surface area (Å²) < 4.78 is 0. The van der Waals surface area contributed by atoms with Gasteiger partial charge >= 0.3 is 0 Å². The Kier molecular flexibility index (Phi) is 6.35. The van der Waals surface area contributed by atoms with Gasteiger partial charge in [-0.15, -0.1) is 0 Å². The van der Waals surface area contributed by atoms with Crippen molar-refractivity contribution in [3.63, 3.8) is 0 Å². The lowest BCUT2D eigenvalue weighted by atomic mass is 9.69. The van der Waals surface area contributed by atoms with E-state index in [-0.39, 0.29) is 16.7 Å². The number of nitrogens with one attached hydrogen (secondary N) is 1. The van der Waals surface area contributed by atoms with E-state index in [2.05, 4.69) is 71.1 Å². The Hall–Kier alpha value is -1.31. The van der Waals surface area contributed by atoms with Crippen molar-refractivity contribution in [2.75, 3.05) is 0 Å². The molecule has 1 aromatic carbocycles. The molecule has 1 aliphatic carbocycles.